The summed E-state index contributed by atoms with van der Waals surface area (Å²) in [5.74, 6) is 1.42. The SMILES string of the molecule is Cl.Cl.NCCc1ccc(CN2C[C@@H]3CC[C@H](C2)N(CC2CCC2)C3=O)cc1. The van der Waals surface area contributed by atoms with Crippen molar-refractivity contribution < 1.29 is 4.79 Å². The molecular formula is C21H33Cl2N3O. The van der Waals surface area contributed by atoms with Crippen molar-refractivity contribution in [3.05, 3.63) is 35.4 Å². The van der Waals surface area contributed by atoms with E-state index in [9.17, 15) is 4.79 Å². The Morgan fingerprint density at radius 2 is 1.67 bits per heavy atom. The van der Waals surface area contributed by atoms with Gasteiger partial charge >= 0.3 is 0 Å². The van der Waals surface area contributed by atoms with E-state index >= 15 is 0 Å². The van der Waals surface area contributed by atoms with Crippen LogP contribution in [0.5, 0.6) is 0 Å². The topological polar surface area (TPSA) is 49.6 Å². The Morgan fingerprint density at radius 3 is 2.30 bits per heavy atom. The zero-order valence-corrected chi connectivity index (χ0v) is 17.6. The van der Waals surface area contributed by atoms with E-state index in [1.54, 1.807) is 0 Å². The Kier molecular flexibility index (Phi) is 8.41. The van der Waals surface area contributed by atoms with Crippen molar-refractivity contribution in [1.82, 2.24) is 9.80 Å². The van der Waals surface area contributed by atoms with Crippen molar-refractivity contribution in [2.45, 2.75) is 51.1 Å². The van der Waals surface area contributed by atoms with E-state index in [2.05, 4.69) is 34.1 Å². The number of rotatable bonds is 6. The molecule has 1 aromatic carbocycles. The highest BCUT2D eigenvalue weighted by Crippen LogP contribution is 2.34. The average molecular weight is 414 g/mol. The predicted octanol–water partition coefficient (Wildman–Crippen LogP) is 3.25. The first-order chi connectivity index (χ1) is 12.2. The Balaban J connectivity index is 0.00000131. The molecule has 4 nitrogen and oxygen atoms in total. The molecule has 1 amide bonds. The van der Waals surface area contributed by atoms with Gasteiger partial charge in [0.05, 0.1) is 5.92 Å². The van der Waals surface area contributed by atoms with Crippen LogP contribution in [0.3, 0.4) is 0 Å². The van der Waals surface area contributed by atoms with Crippen LogP contribution in [-0.4, -0.2) is 47.9 Å². The average Bonchev–Trinajstić information content (AvgIpc) is 2.84. The van der Waals surface area contributed by atoms with Crippen LogP contribution < -0.4 is 5.73 Å². The van der Waals surface area contributed by atoms with Crippen molar-refractivity contribution in [1.29, 1.82) is 0 Å². The van der Waals surface area contributed by atoms with E-state index in [-0.39, 0.29) is 30.7 Å². The lowest BCUT2D eigenvalue weighted by atomic mass is 9.83. The van der Waals surface area contributed by atoms with Crippen molar-refractivity contribution >= 4 is 30.7 Å². The third-order valence-corrected chi connectivity index (χ3v) is 6.41. The number of fused-ring (bicyclic) bond motifs is 4. The summed E-state index contributed by atoms with van der Waals surface area (Å²) in [5, 5.41) is 0. The Morgan fingerprint density at radius 1 is 0.963 bits per heavy atom. The van der Waals surface area contributed by atoms with Crippen LogP contribution in [0, 0.1) is 11.8 Å². The van der Waals surface area contributed by atoms with Crippen molar-refractivity contribution in [3.63, 3.8) is 0 Å². The van der Waals surface area contributed by atoms with E-state index < -0.39 is 0 Å². The van der Waals surface area contributed by atoms with E-state index in [4.69, 9.17) is 5.73 Å². The lowest BCUT2D eigenvalue weighted by molar-refractivity contribution is -0.141. The van der Waals surface area contributed by atoms with Gasteiger partial charge in [0.15, 0.2) is 0 Å². The Hall–Kier alpha value is -0.810. The van der Waals surface area contributed by atoms with Gasteiger partial charge < -0.3 is 10.6 Å². The number of piperidine rings is 1. The number of carbonyl (C=O) groups is 1. The van der Waals surface area contributed by atoms with Crippen LogP contribution in [0.4, 0.5) is 0 Å². The van der Waals surface area contributed by atoms with Gasteiger partial charge in [-0.3, -0.25) is 9.69 Å². The number of nitrogens with two attached hydrogens (primary N) is 1. The maximum atomic E-state index is 12.9. The zero-order chi connectivity index (χ0) is 17.2. The maximum absolute atomic E-state index is 12.9. The fourth-order valence-corrected chi connectivity index (χ4v) is 4.69. The summed E-state index contributed by atoms with van der Waals surface area (Å²) >= 11 is 0. The van der Waals surface area contributed by atoms with Crippen LogP contribution in [0.15, 0.2) is 24.3 Å². The molecule has 6 heteroatoms. The first kappa shape index (κ1) is 22.5. The molecule has 0 unspecified atom stereocenters. The van der Waals surface area contributed by atoms with Gasteiger partial charge in [0, 0.05) is 32.2 Å². The molecule has 4 fully saturated rings. The van der Waals surface area contributed by atoms with Crippen LogP contribution in [0.25, 0.3) is 0 Å². The summed E-state index contributed by atoms with van der Waals surface area (Å²) in [7, 11) is 0. The molecule has 152 valence electrons. The second-order valence-electron chi connectivity index (χ2n) is 8.26. The summed E-state index contributed by atoms with van der Waals surface area (Å²) in [6.45, 7) is 4.65. The van der Waals surface area contributed by atoms with Gasteiger partial charge in [0.2, 0.25) is 5.91 Å². The molecule has 0 spiro atoms. The van der Waals surface area contributed by atoms with Gasteiger partial charge in [-0.25, -0.2) is 0 Å². The minimum absolute atomic E-state index is 0. The van der Waals surface area contributed by atoms with Gasteiger partial charge in [-0.1, -0.05) is 30.7 Å². The van der Waals surface area contributed by atoms with Crippen molar-refractivity contribution in [2.24, 2.45) is 17.6 Å². The summed E-state index contributed by atoms with van der Waals surface area (Å²) < 4.78 is 0. The van der Waals surface area contributed by atoms with Crippen LogP contribution in [-0.2, 0) is 17.8 Å². The molecule has 1 aliphatic carbocycles. The molecule has 5 rings (SSSR count). The van der Waals surface area contributed by atoms with Gasteiger partial charge in [-0.05, 0) is 55.7 Å². The fourth-order valence-electron chi connectivity index (χ4n) is 4.69. The summed E-state index contributed by atoms with van der Waals surface area (Å²) in [6.07, 6.45) is 7.21. The molecule has 0 aromatic heterocycles. The largest absolute Gasteiger partial charge is 0.338 e. The molecule has 1 saturated carbocycles. The highest BCUT2D eigenvalue weighted by Gasteiger charge is 2.41. The molecule has 2 N–H and O–H groups in total. The molecular weight excluding hydrogens is 381 g/mol. The van der Waals surface area contributed by atoms with E-state index in [1.165, 1.54) is 36.8 Å². The van der Waals surface area contributed by atoms with Crippen LogP contribution >= 0.6 is 24.8 Å². The number of halogens is 2. The first-order valence-corrected chi connectivity index (χ1v) is 10.0. The lowest BCUT2D eigenvalue weighted by Gasteiger charge is -2.40. The second kappa shape index (κ2) is 10.1. The minimum Gasteiger partial charge on any atom is -0.338 e. The first-order valence-electron chi connectivity index (χ1n) is 10.0. The number of hydrogen-bond acceptors (Lipinski definition) is 3. The molecule has 2 atom stereocenters. The van der Waals surface area contributed by atoms with Gasteiger partial charge in [0.1, 0.15) is 0 Å². The Bertz CT molecular complexity index is 606. The normalized spacial score (nSPS) is 25.4. The number of hydrogen-bond donors (Lipinski definition) is 1. The highest BCUT2D eigenvalue weighted by atomic mass is 35.5. The molecule has 3 heterocycles. The monoisotopic (exact) mass is 413 g/mol. The van der Waals surface area contributed by atoms with Crippen molar-refractivity contribution in [2.75, 3.05) is 26.2 Å². The van der Waals surface area contributed by atoms with Gasteiger partial charge in [-0.15, -0.1) is 24.8 Å². The third kappa shape index (κ3) is 5.17. The number of nitrogens with zero attached hydrogens (tertiary/aromatic N) is 2. The summed E-state index contributed by atoms with van der Waals surface area (Å²) in [6, 6.07) is 9.28. The second-order valence-corrected chi connectivity index (χ2v) is 8.26. The standard InChI is InChI=1S/C21H31N3O.2ClH/c22-11-10-16-4-6-18(7-5-16)12-23-14-19-8-9-20(15-23)24(21(19)25)13-17-2-1-3-17;;/h4-7,17,19-20H,1-3,8-15,22H2;2*1H/t19-,20+;;/m0../s1. The molecule has 2 bridgehead atoms. The smallest absolute Gasteiger partial charge is 0.227 e. The van der Waals surface area contributed by atoms with Crippen LogP contribution in [0.1, 0.15) is 43.2 Å². The van der Waals surface area contributed by atoms with Crippen molar-refractivity contribution in [3.8, 4) is 0 Å². The van der Waals surface area contributed by atoms with E-state index in [1.807, 2.05) is 0 Å². The summed E-state index contributed by atoms with van der Waals surface area (Å²) in [5.41, 5.74) is 8.29. The predicted molar refractivity (Wildman–Crippen MR) is 115 cm³/mol. The number of carbonyl (C=O) groups excluding carboxylic acids is 1. The molecule has 27 heavy (non-hydrogen) atoms. The maximum Gasteiger partial charge on any atom is 0.227 e. The number of amides is 1. The lowest BCUT2D eigenvalue weighted by Crippen LogP contribution is -2.50. The fraction of sp³-hybridized carbons (Fsp3) is 0.667. The van der Waals surface area contributed by atoms with Crippen LogP contribution in [0.2, 0.25) is 0 Å². The van der Waals surface area contributed by atoms with Gasteiger partial charge in [-0.2, -0.15) is 0 Å². The zero-order valence-electron chi connectivity index (χ0n) is 16.0. The number of benzene rings is 1. The molecule has 3 aliphatic heterocycles. The van der Waals surface area contributed by atoms with E-state index in [0.29, 0.717) is 18.5 Å². The minimum atomic E-state index is 0. The van der Waals surface area contributed by atoms with Gasteiger partial charge in [0.25, 0.3) is 0 Å². The summed E-state index contributed by atoms with van der Waals surface area (Å²) in [4.78, 5) is 17.6. The van der Waals surface area contributed by atoms with E-state index in [0.717, 1.165) is 44.9 Å². The Labute approximate surface area is 175 Å². The molecule has 4 aliphatic rings. The third-order valence-electron chi connectivity index (χ3n) is 6.41. The molecule has 3 saturated heterocycles. The highest BCUT2D eigenvalue weighted by molar-refractivity contribution is 5.85. The molecule has 1 aromatic rings. The molecule has 0 radical (unpaired) electrons. The quantitative estimate of drug-likeness (QED) is 0.778.